The van der Waals surface area contributed by atoms with Crippen LogP contribution in [0.15, 0.2) is 18.2 Å². The topological polar surface area (TPSA) is 70.6 Å². The average molecular weight is 222 g/mol. The Morgan fingerprint density at radius 1 is 1.56 bits per heavy atom. The molecule has 2 rings (SSSR count). The van der Waals surface area contributed by atoms with Gasteiger partial charge in [-0.15, -0.1) is 0 Å². The van der Waals surface area contributed by atoms with Crippen LogP contribution < -0.4 is 15.4 Å². The SMILES string of the molecule is O=C(NCCO)c1cccc2c1OCCN2. The van der Waals surface area contributed by atoms with Gasteiger partial charge in [0.2, 0.25) is 0 Å². The highest BCUT2D eigenvalue weighted by Crippen LogP contribution is 2.30. The van der Waals surface area contributed by atoms with E-state index in [-0.39, 0.29) is 19.1 Å². The van der Waals surface area contributed by atoms with Crippen molar-refractivity contribution in [3.63, 3.8) is 0 Å². The number of ether oxygens (including phenoxy) is 1. The molecule has 0 unspecified atom stereocenters. The number of amides is 1. The number of rotatable bonds is 3. The lowest BCUT2D eigenvalue weighted by molar-refractivity contribution is 0.0940. The third-order valence-corrected chi connectivity index (χ3v) is 2.32. The highest BCUT2D eigenvalue weighted by Gasteiger charge is 2.18. The van der Waals surface area contributed by atoms with Gasteiger partial charge in [0.05, 0.1) is 17.9 Å². The monoisotopic (exact) mass is 222 g/mol. The number of hydrogen-bond acceptors (Lipinski definition) is 4. The number of nitrogens with one attached hydrogen (secondary N) is 2. The summed E-state index contributed by atoms with van der Waals surface area (Å²) in [7, 11) is 0. The molecule has 0 saturated carbocycles. The fraction of sp³-hybridized carbons (Fsp3) is 0.364. The number of fused-ring (bicyclic) bond motifs is 1. The molecule has 1 amide bonds. The van der Waals surface area contributed by atoms with E-state index < -0.39 is 0 Å². The van der Waals surface area contributed by atoms with Gasteiger partial charge in [0.25, 0.3) is 5.91 Å². The molecule has 16 heavy (non-hydrogen) atoms. The molecule has 86 valence electrons. The number of carbonyl (C=O) groups is 1. The summed E-state index contributed by atoms with van der Waals surface area (Å²) < 4.78 is 5.47. The summed E-state index contributed by atoms with van der Waals surface area (Å²) in [4.78, 5) is 11.7. The van der Waals surface area contributed by atoms with Gasteiger partial charge in [-0.25, -0.2) is 0 Å². The molecule has 0 aliphatic carbocycles. The van der Waals surface area contributed by atoms with Gasteiger partial charge in [0, 0.05) is 13.1 Å². The zero-order valence-corrected chi connectivity index (χ0v) is 8.82. The standard InChI is InChI=1S/C11H14N2O3/c14-6-4-13-11(15)8-2-1-3-9-10(8)16-7-5-12-9/h1-3,12,14H,4-7H2,(H,13,15). The van der Waals surface area contributed by atoms with E-state index in [1.54, 1.807) is 12.1 Å². The van der Waals surface area contributed by atoms with Crippen molar-refractivity contribution >= 4 is 11.6 Å². The van der Waals surface area contributed by atoms with Crippen molar-refractivity contribution in [1.82, 2.24) is 5.32 Å². The summed E-state index contributed by atoms with van der Waals surface area (Å²) in [6, 6.07) is 5.38. The number of aliphatic hydroxyl groups excluding tert-OH is 1. The minimum Gasteiger partial charge on any atom is -0.489 e. The molecule has 0 aromatic heterocycles. The van der Waals surface area contributed by atoms with E-state index in [4.69, 9.17) is 9.84 Å². The maximum absolute atomic E-state index is 11.7. The molecule has 0 spiro atoms. The largest absolute Gasteiger partial charge is 0.489 e. The second-order valence-corrected chi connectivity index (χ2v) is 3.44. The van der Waals surface area contributed by atoms with E-state index >= 15 is 0 Å². The Balaban J connectivity index is 2.23. The van der Waals surface area contributed by atoms with Crippen molar-refractivity contribution in [1.29, 1.82) is 0 Å². The van der Waals surface area contributed by atoms with Crippen molar-refractivity contribution in [3.05, 3.63) is 23.8 Å². The molecule has 1 aliphatic heterocycles. The zero-order chi connectivity index (χ0) is 11.4. The van der Waals surface area contributed by atoms with E-state index in [1.165, 1.54) is 0 Å². The smallest absolute Gasteiger partial charge is 0.255 e. The third kappa shape index (κ3) is 2.09. The van der Waals surface area contributed by atoms with Crippen molar-refractivity contribution in [2.24, 2.45) is 0 Å². The molecule has 0 radical (unpaired) electrons. The van der Waals surface area contributed by atoms with Crippen molar-refractivity contribution in [2.75, 3.05) is 31.6 Å². The van der Waals surface area contributed by atoms with Gasteiger partial charge in [-0.1, -0.05) is 6.07 Å². The van der Waals surface area contributed by atoms with Crippen LogP contribution in [0.1, 0.15) is 10.4 Å². The van der Waals surface area contributed by atoms with Crippen molar-refractivity contribution < 1.29 is 14.6 Å². The second kappa shape index (κ2) is 4.85. The molecular formula is C11H14N2O3. The van der Waals surface area contributed by atoms with Crippen LogP contribution in [0.2, 0.25) is 0 Å². The van der Waals surface area contributed by atoms with Crippen LogP contribution in [-0.4, -0.2) is 37.3 Å². The molecule has 1 heterocycles. The maximum atomic E-state index is 11.7. The van der Waals surface area contributed by atoms with E-state index in [2.05, 4.69) is 10.6 Å². The van der Waals surface area contributed by atoms with Crippen LogP contribution in [0.5, 0.6) is 5.75 Å². The number of hydrogen-bond donors (Lipinski definition) is 3. The summed E-state index contributed by atoms with van der Waals surface area (Å²) in [6.07, 6.45) is 0. The number of para-hydroxylation sites is 1. The highest BCUT2D eigenvalue weighted by molar-refractivity contribution is 5.98. The molecule has 0 saturated heterocycles. The predicted octanol–water partition coefficient (Wildman–Crippen LogP) is 0.213. The number of benzene rings is 1. The van der Waals surface area contributed by atoms with Crippen LogP contribution in [0.4, 0.5) is 5.69 Å². The number of carbonyl (C=O) groups excluding carboxylic acids is 1. The first kappa shape index (κ1) is 10.8. The summed E-state index contributed by atoms with van der Waals surface area (Å²) in [5, 5.41) is 14.4. The predicted molar refractivity (Wildman–Crippen MR) is 59.8 cm³/mol. The van der Waals surface area contributed by atoms with Gasteiger partial charge >= 0.3 is 0 Å². The molecular weight excluding hydrogens is 208 g/mol. The lowest BCUT2D eigenvalue weighted by Gasteiger charge is -2.21. The summed E-state index contributed by atoms with van der Waals surface area (Å²) in [5.41, 5.74) is 1.33. The first-order valence-corrected chi connectivity index (χ1v) is 5.21. The fourth-order valence-electron chi connectivity index (χ4n) is 1.61. The molecule has 1 aromatic carbocycles. The zero-order valence-electron chi connectivity index (χ0n) is 8.82. The molecule has 5 nitrogen and oxygen atoms in total. The Bertz CT molecular complexity index is 393. The van der Waals surface area contributed by atoms with E-state index in [0.29, 0.717) is 17.9 Å². The fourth-order valence-corrected chi connectivity index (χ4v) is 1.61. The molecule has 0 bridgehead atoms. The molecule has 1 aliphatic rings. The normalized spacial score (nSPS) is 13.3. The highest BCUT2D eigenvalue weighted by atomic mass is 16.5. The maximum Gasteiger partial charge on any atom is 0.255 e. The van der Waals surface area contributed by atoms with E-state index in [1.807, 2.05) is 6.07 Å². The first-order chi connectivity index (χ1) is 7.83. The summed E-state index contributed by atoms with van der Waals surface area (Å²) in [6.45, 7) is 1.47. The molecule has 0 atom stereocenters. The molecule has 1 aromatic rings. The summed E-state index contributed by atoms with van der Waals surface area (Å²) in [5.74, 6) is 0.360. The Morgan fingerprint density at radius 2 is 2.44 bits per heavy atom. The Labute approximate surface area is 93.4 Å². The van der Waals surface area contributed by atoms with Crippen LogP contribution in [0, 0.1) is 0 Å². The van der Waals surface area contributed by atoms with Gasteiger partial charge in [-0.3, -0.25) is 4.79 Å². The van der Waals surface area contributed by atoms with Crippen molar-refractivity contribution in [3.8, 4) is 5.75 Å². The average Bonchev–Trinajstić information content (AvgIpc) is 2.35. The summed E-state index contributed by atoms with van der Waals surface area (Å²) >= 11 is 0. The Kier molecular flexibility index (Phi) is 3.26. The Hall–Kier alpha value is -1.75. The minimum absolute atomic E-state index is 0.0696. The first-order valence-electron chi connectivity index (χ1n) is 5.21. The minimum atomic E-state index is -0.227. The second-order valence-electron chi connectivity index (χ2n) is 3.44. The van der Waals surface area contributed by atoms with Crippen LogP contribution >= 0.6 is 0 Å². The lowest BCUT2D eigenvalue weighted by atomic mass is 10.1. The third-order valence-electron chi connectivity index (χ3n) is 2.32. The van der Waals surface area contributed by atoms with Gasteiger partial charge in [-0.2, -0.15) is 0 Å². The molecule has 3 N–H and O–H groups in total. The lowest BCUT2D eigenvalue weighted by Crippen LogP contribution is -2.28. The Morgan fingerprint density at radius 3 is 3.25 bits per heavy atom. The quantitative estimate of drug-likeness (QED) is 0.684. The van der Waals surface area contributed by atoms with Crippen LogP contribution in [-0.2, 0) is 0 Å². The van der Waals surface area contributed by atoms with Crippen LogP contribution in [0.25, 0.3) is 0 Å². The van der Waals surface area contributed by atoms with Crippen molar-refractivity contribution in [2.45, 2.75) is 0 Å². The van der Waals surface area contributed by atoms with Gasteiger partial charge < -0.3 is 20.5 Å². The van der Waals surface area contributed by atoms with E-state index in [9.17, 15) is 4.79 Å². The number of anilines is 1. The van der Waals surface area contributed by atoms with Crippen LogP contribution in [0.3, 0.4) is 0 Å². The van der Waals surface area contributed by atoms with Gasteiger partial charge in [0.1, 0.15) is 6.61 Å². The van der Waals surface area contributed by atoms with Gasteiger partial charge in [-0.05, 0) is 12.1 Å². The molecule has 5 heteroatoms. The number of aliphatic hydroxyl groups is 1. The molecule has 0 fully saturated rings. The van der Waals surface area contributed by atoms with Gasteiger partial charge in [0.15, 0.2) is 5.75 Å². The van der Waals surface area contributed by atoms with E-state index in [0.717, 1.165) is 12.2 Å².